The summed E-state index contributed by atoms with van der Waals surface area (Å²) in [6, 6.07) is 13.2. The summed E-state index contributed by atoms with van der Waals surface area (Å²) in [5.41, 5.74) is -0.634. The number of hydrogen-bond donors (Lipinski definition) is 0. The van der Waals surface area contributed by atoms with Crippen LogP contribution in [0.15, 0.2) is 58.1 Å². The molecule has 0 fully saturated rings. The van der Waals surface area contributed by atoms with Gasteiger partial charge in [-0.3, -0.25) is 14.2 Å². The van der Waals surface area contributed by atoms with Gasteiger partial charge in [-0.1, -0.05) is 24.3 Å². The van der Waals surface area contributed by atoms with Gasteiger partial charge >= 0.3 is 0 Å². The van der Waals surface area contributed by atoms with Gasteiger partial charge in [0.15, 0.2) is 0 Å². The lowest BCUT2D eigenvalue weighted by Gasteiger charge is -2.13. The van der Waals surface area contributed by atoms with Crippen molar-refractivity contribution in [3.63, 3.8) is 0 Å². The molecule has 0 saturated carbocycles. The van der Waals surface area contributed by atoms with Crippen LogP contribution in [0, 0.1) is 5.82 Å². The average molecular weight is 382 g/mol. The SMILES string of the molecule is COCCn1c(-c2ccccc2F)nc2sc3ccccc3c(=O)c2c1=O. The van der Waals surface area contributed by atoms with E-state index in [1.807, 2.05) is 12.1 Å². The molecule has 0 N–H and O–H groups in total. The molecule has 0 radical (unpaired) electrons. The fourth-order valence-corrected chi connectivity index (χ4v) is 4.06. The Hall–Kier alpha value is -2.90. The van der Waals surface area contributed by atoms with Crippen molar-refractivity contribution < 1.29 is 9.13 Å². The highest BCUT2D eigenvalue weighted by molar-refractivity contribution is 7.24. The monoisotopic (exact) mass is 382 g/mol. The van der Waals surface area contributed by atoms with E-state index in [1.54, 1.807) is 30.3 Å². The molecule has 0 spiro atoms. The molecule has 2 heterocycles. The molecule has 4 aromatic rings. The Labute approximate surface area is 157 Å². The van der Waals surface area contributed by atoms with Crippen molar-refractivity contribution in [3.8, 4) is 11.4 Å². The third-order valence-corrected chi connectivity index (χ3v) is 5.40. The molecule has 0 saturated heterocycles. The Morgan fingerprint density at radius 3 is 2.63 bits per heavy atom. The quantitative estimate of drug-likeness (QED) is 0.508. The highest BCUT2D eigenvalue weighted by Crippen LogP contribution is 2.25. The first-order valence-corrected chi connectivity index (χ1v) is 9.13. The second kappa shape index (κ2) is 7.02. The van der Waals surface area contributed by atoms with Crippen LogP contribution in [0.25, 0.3) is 31.7 Å². The molecule has 5 nitrogen and oxygen atoms in total. The van der Waals surface area contributed by atoms with Crippen molar-refractivity contribution in [2.75, 3.05) is 13.7 Å². The fourth-order valence-electron chi connectivity index (χ4n) is 3.02. The van der Waals surface area contributed by atoms with E-state index in [0.717, 1.165) is 4.70 Å². The molecule has 2 aromatic heterocycles. The van der Waals surface area contributed by atoms with Crippen molar-refractivity contribution in [2.24, 2.45) is 0 Å². The minimum Gasteiger partial charge on any atom is -0.383 e. The molecule has 136 valence electrons. The number of fused-ring (bicyclic) bond motifs is 2. The van der Waals surface area contributed by atoms with Crippen LogP contribution in [0.4, 0.5) is 4.39 Å². The minimum absolute atomic E-state index is 0.0230. The van der Waals surface area contributed by atoms with E-state index >= 15 is 0 Å². The standard InChI is InChI=1S/C20H15FN2O3S/c1-26-11-10-23-18(12-6-2-4-8-14(12)21)22-19-16(20(23)25)17(24)13-7-3-5-9-15(13)27-19/h2-9H,10-11H2,1H3. The topological polar surface area (TPSA) is 61.2 Å². The zero-order valence-electron chi connectivity index (χ0n) is 14.4. The predicted molar refractivity (Wildman–Crippen MR) is 105 cm³/mol. The van der Waals surface area contributed by atoms with E-state index in [2.05, 4.69) is 4.98 Å². The zero-order valence-corrected chi connectivity index (χ0v) is 15.3. The number of hydrogen-bond acceptors (Lipinski definition) is 5. The van der Waals surface area contributed by atoms with Gasteiger partial charge in [-0.05, 0) is 24.3 Å². The molecule has 0 unspecified atom stereocenters. The highest BCUT2D eigenvalue weighted by atomic mass is 32.1. The van der Waals surface area contributed by atoms with Crippen LogP contribution < -0.4 is 11.0 Å². The molecular weight excluding hydrogens is 367 g/mol. The third-order valence-electron chi connectivity index (χ3n) is 4.34. The van der Waals surface area contributed by atoms with Crippen LogP contribution in [0.3, 0.4) is 0 Å². The molecular formula is C20H15FN2O3S. The van der Waals surface area contributed by atoms with Crippen molar-refractivity contribution in [1.82, 2.24) is 9.55 Å². The van der Waals surface area contributed by atoms with Crippen molar-refractivity contribution in [2.45, 2.75) is 6.54 Å². The van der Waals surface area contributed by atoms with Gasteiger partial charge < -0.3 is 4.74 Å². The van der Waals surface area contributed by atoms with Gasteiger partial charge in [0.2, 0.25) is 5.43 Å². The van der Waals surface area contributed by atoms with Gasteiger partial charge in [-0.15, -0.1) is 11.3 Å². The first kappa shape index (κ1) is 17.5. The molecule has 0 amide bonds. The molecule has 4 rings (SSSR count). The number of aromatic nitrogens is 2. The van der Waals surface area contributed by atoms with E-state index in [1.165, 1.54) is 29.1 Å². The number of benzene rings is 2. The molecule has 2 aromatic carbocycles. The first-order chi connectivity index (χ1) is 13.1. The molecule has 0 bridgehead atoms. The highest BCUT2D eigenvalue weighted by Gasteiger charge is 2.19. The van der Waals surface area contributed by atoms with Gasteiger partial charge in [-0.2, -0.15) is 0 Å². The number of nitrogens with zero attached hydrogens (tertiary/aromatic N) is 2. The second-order valence-corrected chi connectivity index (χ2v) is 7.00. The lowest BCUT2D eigenvalue weighted by molar-refractivity contribution is 0.186. The normalized spacial score (nSPS) is 11.3. The Bertz CT molecular complexity index is 1280. The van der Waals surface area contributed by atoms with E-state index in [9.17, 15) is 14.0 Å². The Balaban J connectivity index is 2.14. The Morgan fingerprint density at radius 2 is 1.85 bits per heavy atom. The van der Waals surface area contributed by atoms with Crippen molar-refractivity contribution in [3.05, 3.63) is 74.9 Å². The lowest BCUT2D eigenvalue weighted by Crippen LogP contribution is -2.28. The number of rotatable bonds is 4. The summed E-state index contributed by atoms with van der Waals surface area (Å²) >= 11 is 1.25. The van der Waals surface area contributed by atoms with Crippen molar-refractivity contribution in [1.29, 1.82) is 0 Å². The van der Waals surface area contributed by atoms with Crippen LogP contribution in [0.5, 0.6) is 0 Å². The second-order valence-electron chi connectivity index (χ2n) is 5.97. The van der Waals surface area contributed by atoms with Crippen LogP contribution in [0.1, 0.15) is 0 Å². The summed E-state index contributed by atoms with van der Waals surface area (Å²) < 4.78 is 21.5. The maximum absolute atomic E-state index is 14.4. The maximum atomic E-state index is 14.4. The summed E-state index contributed by atoms with van der Waals surface area (Å²) in [5.74, 6) is -0.295. The summed E-state index contributed by atoms with van der Waals surface area (Å²) in [7, 11) is 1.51. The number of halogens is 1. The molecule has 0 aliphatic heterocycles. The minimum atomic E-state index is -0.484. The third kappa shape index (κ3) is 2.94. The van der Waals surface area contributed by atoms with Gasteiger partial charge in [-0.25, -0.2) is 9.37 Å². The molecule has 0 aliphatic carbocycles. The van der Waals surface area contributed by atoms with E-state index in [-0.39, 0.29) is 35.4 Å². The van der Waals surface area contributed by atoms with Crippen LogP contribution in [-0.4, -0.2) is 23.3 Å². The van der Waals surface area contributed by atoms with E-state index in [0.29, 0.717) is 10.2 Å². The van der Waals surface area contributed by atoms with Gasteiger partial charge in [0.1, 0.15) is 21.9 Å². The van der Waals surface area contributed by atoms with Gasteiger partial charge in [0.05, 0.1) is 18.7 Å². The van der Waals surface area contributed by atoms with Crippen molar-refractivity contribution >= 4 is 31.6 Å². The van der Waals surface area contributed by atoms with E-state index < -0.39 is 11.4 Å². The maximum Gasteiger partial charge on any atom is 0.266 e. The molecule has 27 heavy (non-hydrogen) atoms. The summed E-state index contributed by atoms with van der Waals surface area (Å²) in [4.78, 5) is 30.9. The predicted octanol–water partition coefficient (Wildman–Crippen LogP) is 3.42. The Kier molecular flexibility index (Phi) is 4.55. The van der Waals surface area contributed by atoms with Crippen LogP contribution in [-0.2, 0) is 11.3 Å². The van der Waals surface area contributed by atoms with Crippen LogP contribution >= 0.6 is 11.3 Å². The summed E-state index contributed by atoms with van der Waals surface area (Å²) in [6.07, 6.45) is 0. The molecule has 0 aliphatic rings. The van der Waals surface area contributed by atoms with Crippen LogP contribution in [0.2, 0.25) is 0 Å². The Morgan fingerprint density at radius 1 is 1.11 bits per heavy atom. The zero-order chi connectivity index (χ0) is 19.0. The fraction of sp³-hybridized carbons (Fsp3) is 0.150. The largest absolute Gasteiger partial charge is 0.383 e. The average Bonchev–Trinajstić information content (AvgIpc) is 2.67. The van der Waals surface area contributed by atoms with Gasteiger partial charge in [0, 0.05) is 17.2 Å². The molecule has 7 heteroatoms. The smallest absolute Gasteiger partial charge is 0.266 e. The number of ether oxygens (including phenoxy) is 1. The summed E-state index contributed by atoms with van der Waals surface area (Å²) in [5, 5.41) is 0.501. The molecule has 0 atom stereocenters. The number of methoxy groups -OCH3 is 1. The summed E-state index contributed by atoms with van der Waals surface area (Å²) in [6.45, 7) is 0.401. The van der Waals surface area contributed by atoms with Gasteiger partial charge in [0.25, 0.3) is 5.56 Å². The first-order valence-electron chi connectivity index (χ1n) is 8.32. The van der Waals surface area contributed by atoms with E-state index in [4.69, 9.17) is 4.74 Å². The lowest BCUT2D eigenvalue weighted by atomic mass is 10.1.